The van der Waals surface area contributed by atoms with Crippen LogP contribution in [0.4, 0.5) is 0 Å². The Morgan fingerprint density at radius 3 is 2.67 bits per heavy atom. The highest BCUT2D eigenvalue weighted by Gasteiger charge is 2.34. The van der Waals surface area contributed by atoms with Crippen molar-refractivity contribution in [3.63, 3.8) is 0 Å². The zero-order chi connectivity index (χ0) is 13.2. The highest BCUT2D eigenvalue weighted by atomic mass is 16.5. The predicted octanol–water partition coefficient (Wildman–Crippen LogP) is 2.39. The molecule has 3 nitrogen and oxygen atoms in total. The zero-order valence-electron chi connectivity index (χ0n) is 12.3. The molecule has 0 bridgehead atoms. The molecule has 0 radical (unpaired) electrons. The summed E-state index contributed by atoms with van der Waals surface area (Å²) in [7, 11) is 0. The normalized spacial score (nSPS) is 35.3. The van der Waals surface area contributed by atoms with Gasteiger partial charge in [-0.15, -0.1) is 0 Å². The molecule has 2 N–H and O–H groups in total. The third-order valence-corrected chi connectivity index (χ3v) is 4.78. The Balaban J connectivity index is 1.95. The third-order valence-electron chi connectivity index (χ3n) is 4.78. The van der Waals surface area contributed by atoms with Crippen molar-refractivity contribution in [2.75, 3.05) is 19.6 Å². The van der Waals surface area contributed by atoms with E-state index in [0.29, 0.717) is 23.7 Å². The first-order valence-corrected chi connectivity index (χ1v) is 7.61. The summed E-state index contributed by atoms with van der Waals surface area (Å²) < 4.78 is 6.04. The van der Waals surface area contributed by atoms with Crippen molar-refractivity contribution in [2.45, 2.75) is 71.1 Å². The molecule has 0 aromatic heterocycles. The third kappa shape index (κ3) is 3.46. The van der Waals surface area contributed by atoms with Crippen molar-refractivity contribution in [3.8, 4) is 0 Å². The van der Waals surface area contributed by atoms with Crippen LogP contribution >= 0.6 is 0 Å². The number of ether oxygens (including phenoxy) is 1. The predicted molar refractivity (Wildman–Crippen MR) is 75.6 cm³/mol. The molecule has 0 aliphatic carbocycles. The van der Waals surface area contributed by atoms with Crippen LogP contribution in [0.1, 0.15) is 52.9 Å². The molecule has 3 unspecified atom stereocenters. The minimum atomic E-state index is 0.367. The molecule has 3 atom stereocenters. The van der Waals surface area contributed by atoms with E-state index in [1.807, 2.05) is 0 Å². The lowest BCUT2D eigenvalue weighted by Gasteiger charge is -2.34. The molecule has 2 aliphatic rings. The van der Waals surface area contributed by atoms with Gasteiger partial charge in [-0.2, -0.15) is 0 Å². The fraction of sp³-hybridized carbons (Fsp3) is 1.00. The second-order valence-corrected chi connectivity index (χ2v) is 6.92. The van der Waals surface area contributed by atoms with Gasteiger partial charge in [-0.25, -0.2) is 0 Å². The maximum Gasteiger partial charge on any atom is 0.0747 e. The van der Waals surface area contributed by atoms with Gasteiger partial charge in [0.25, 0.3) is 0 Å². The lowest BCUT2D eigenvalue weighted by molar-refractivity contribution is -0.00409. The number of likely N-dealkylation sites (tertiary alicyclic amines) is 1. The number of nitrogens with two attached hydrogens (primary N) is 1. The van der Waals surface area contributed by atoms with Crippen LogP contribution in [0.3, 0.4) is 0 Å². The fourth-order valence-electron chi connectivity index (χ4n) is 3.43. The summed E-state index contributed by atoms with van der Waals surface area (Å²) in [5.74, 6) is 0. The standard InChI is InChI=1S/C15H30N2O/c1-12-5-6-14(18-12)13(11-16)17-9-4-7-15(2,3)8-10-17/h12-14H,4-11,16H2,1-3H3. The Morgan fingerprint density at radius 2 is 2.06 bits per heavy atom. The van der Waals surface area contributed by atoms with E-state index in [1.165, 1.54) is 45.2 Å². The van der Waals surface area contributed by atoms with Crippen LogP contribution in [0, 0.1) is 5.41 Å². The Hall–Kier alpha value is -0.120. The summed E-state index contributed by atoms with van der Waals surface area (Å²) in [6, 6.07) is 0.434. The van der Waals surface area contributed by atoms with Crippen LogP contribution in [0.5, 0.6) is 0 Å². The lowest BCUT2D eigenvalue weighted by atomic mass is 9.85. The van der Waals surface area contributed by atoms with E-state index in [0.717, 1.165) is 6.54 Å². The Labute approximate surface area is 112 Å². The summed E-state index contributed by atoms with van der Waals surface area (Å²) in [4.78, 5) is 2.59. The van der Waals surface area contributed by atoms with E-state index >= 15 is 0 Å². The van der Waals surface area contributed by atoms with Gasteiger partial charge >= 0.3 is 0 Å². The van der Waals surface area contributed by atoms with Gasteiger partial charge in [-0.1, -0.05) is 13.8 Å². The zero-order valence-corrected chi connectivity index (χ0v) is 12.3. The average molecular weight is 254 g/mol. The van der Waals surface area contributed by atoms with Gasteiger partial charge in [0, 0.05) is 12.6 Å². The summed E-state index contributed by atoms with van der Waals surface area (Å²) in [6.45, 7) is 10.1. The van der Waals surface area contributed by atoms with Crippen LogP contribution in [0.2, 0.25) is 0 Å². The summed E-state index contributed by atoms with van der Waals surface area (Å²) in [5, 5.41) is 0. The topological polar surface area (TPSA) is 38.5 Å². The van der Waals surface area contributed by atoms with Crippen LogP contribution < -0.4 is 5.73 Å². The molecule has 2 fully saturated rings. The molecule has 3 heteroatoms. The average Bonchev–Trinajstić information content (AvgIpc) is 2.64. The largest absolute Gasteiger partial charge is 0.374 e. The summed E-state index contributed by atoms with van der Waals surface area (Å²) >= 11 is 0. The number of hydrogen-bond donors (Lipinski definition) is 1. The highest BCUT2D eigenvalue weighted by Crippen LogP contribution is 2.32. The molecular weight excluding hydrogens is 224 g/mol. The molecule has 0 aromatic carbocycles. The summed E-state index contributed by atoms with van der Waals surface area (Å²) in [6.07, 6.45) is 7.09. The van der Waals surface area contributed by atoms with Crippen LogP contribution in [0.25, 0.3) is 0 Å². The van der Waals surface area contributed by atoms with Gasteiger partial charge < -0.3 is 10.5 Å². The number of hydrogen-bond acceptors (Lipinski definition) is 3. The van der Waals surface area contributed by atoms with E-state index in [4.69, 9.17) is 10.5 Å². The second-order valence-electron chi connectivity index (χ2n) is 6.92. The first-order chi connectivity index (χ1) is 8.52. The van der Waals surface area contributed by atoms with Gasteiger partial charge in [0.2, 0.25) is 0 Å². The van der Waals surface area contributed by atoms with Gasteiger partial charge in [0.15, 0.2) is 0 Å². The van der Waals surface area contributed by atoms with Crippen molar-refractivity contribution in [2.24, 2.45) is 11.1 Å². The van der Waals surface area contributed by atoms with E-state index in [9.17, 15) is 0 Å². The van der Waals surface area contributed by atoms with Crippen molar-refractivity contribution in [1.29, 1.82) is 0 Å². The molecule has 106 valence electrons. The van der Waals surface area contributed by atoms with Gasteiger partial charge in [-0.3, -0.25) is 4.90 Å². The first-order valence-electron chi connectivity index (χ1n) is 7.61. The minimum Gasteiger partial charge on any atom is -0.374 e. The molecule has 18 heavy (non-hydrogen) atoms. The molecule has 0 saturated carbocycles. The molecular formula is C15H30N2O. The monoisotopic (exact) mass is 254 g/mol. The van der Waals surface area contributed by atoms with Crippen LogP contribution in [-0.2, 0) is 4.74 Å². The number of nitrogens with zero attached hydrogens (tertiary/aromatic N) is 1. The second kappa shape index (κ2) is 5.89. The molecule has 0 aromatic rings. The summed E-state index contributed by atoms with van der Waals surface area (Å²) in [5.41, 5.74) is 6.52. The maximum absolute atomic E-state index is 6.04. The maximum atomic E-state index is 6.04. The highest BCUT2D eigenvalue weighted by molar-refractivity contribution is 4.88. The van der Waals surface area contributed by atoms with Gasteiger partial charge in [0.1, 0.15) is 0 Å². The van der Waals surface area contributed by atoms with Crippen molar-refractivity contribution in [1.82, 2.24) is 4.90 Å². The first kappa shape index (κ1) is 14.3. The van der Waals surface area contributed by atoms with E-state index in [-0.39, 0.29) is 0 Å². The van der Waals surface area contributed by atoms with E-state index in [2.05, 4.69) is 25.7 Å². The molecule has 0 amide bonds. The number of rotatable bonds is 3. The van der Waals surface area contributed by atoms with Crippen molar-refractivity contribution < 1.29 is 4.74 Å². The van der Waals surface area contributed by atoms with Crippen LogP contribution in [0.15, 0.2) is 0 Å². The van der Waals surface area contributed by atoms with Crippen molar-refractivity contribution in [3.05, 3.63) is 0 Å². The minimum absolute atomic E-state index is 0.367. The molecule has 2 aliphatic heterocycles. The Bertz CT molecular complexity index is 267. The van der Waals surface area contributed by atoms with E-state index in [1.54, 1.807) is 0 Å². The fourth-order valence-corrected chi connectivity index (χ4v) is 3.43. The SMILES string of the molecule is CC1CCC(C(CN)N2CCCC(C)(C)CC2)O1. The molecule has 2 saturated heterocycles. The Morgan fingerprint density at radius 1 is 1.28 bits per heavy atom. The van der Waals surface area contributed by atoms with Gasteiger partial charge in [-0.05, 0) is 57.5 Å². The lowest BCUT2D eigenvalue weighted by Crippen LogP contribution is -2.48. The van der Waals surface area contributed by atoms with E-state index < -0.39 is 0 Å². The molecule has 0 spiro atoms. The van der Waals surface area contributed by atoms with Crippen molar-refractivity contribution >= 4 is 0 Å². The quantitative estimate of drug-likeness (QED) is 0.840. The smallest absolute Gasteiger partial charge is 0.0747 e. The Kier molecular flexibility index (Phi) is 4.68. The molecule has 2 heterocycles. The molecule has 2 rings (SSSR count). The van der Waals surface area contributed by atoms with Crippen LogP contribution in [-0.4, -0.2) is 42.8 Å². The van der Waals surface area contributed by atoms with Gasteiger partial charge in [0.05, 0.1) is 12.2 Å².